The smallest absolute Gasteiger partial charge is 0.243 e. The van der Waals surface area contributed by atoms with Gasteiger partial charge in [0.25, 0.3) is 0 Å². The summed E-state index contributed by atoms with van der Waals surface area (Å²) in [6.07, 6.45) is 1.92. The van der Waals surface area contributed by atoms with Crippen molar-refractivity contribution in [3.05, 3.63) is 59.9 Å². The van der Waals surface area contributed by atoms with E-state index in [-0.39, 0.29) is 28.9 Å². The Morgan fingerprint density at radius 3 is 2.32 bits per heavy atom. The second-order valence-electron chi connectivity index (χ2n) is 6.83. The highest BCUT2D eigenvalue weighted by Gasteiger charge is 2.38. The molecule has 152 valence electrons. The van der Waals surface area contributed by atoms with Crippen molar-refractivity contribution in [2.75, 3.05) is 10.5 Å². The highest BCUT2D eigenvalue weighted by atomic mass is 32.2. The van der Waals surface area contributed by atoms with Crippen molar-refractivity contribution in [2.24, 2.45) is 0 Å². The van der Waals surface area contributed by atoms with Crippen LogP contribution in [-0.2, 0) is 26.6 Å². The molecule has 1 N–H and O–H groups in total. The zero-order valence-electron chi connectivity index (χ0n) is 15.5. The molecule has 9 heteroatoms. The highest BCUT2D eigenvalue weighted by Crippen LogP contribution is 2.34. The van der Waals surface area contributed by atoms with Crippen LogP contribution in [0.1, 0.15) is 31.7 Å². The maximum Gasteiger partial charge on any atom is 0.243 e. The fourth-order valence-corrected chi connectivity index (χ4v) is 5.72. The van der Waals surface area contributed by atoms with Crippen LogP contribution in [0.25, 0.3) is 0 Å². The third-order valence-electron chi connectivity index (χ3n) is 4.42. The zero-order valence-corrected chi connectivity index (χ0v) is 17.1. The predicted octanol–water partition coefficient (Wildman–Crippen LogP) is 3.33. The van der Waals surface area contributed by atoms with Crippen molar-refractivity contribution < 1.29 is 21.2 Å². The molecule has 0 radical (unpaired) electrons. The second-order valence-corrected chi connectivity index (χ2v) is 10.6. The SMILES string of the molecule is CCCS(=O)(=O)Nc1ccc(S(=O)(=O)N(Cc2ccccc2)C2CC2)cc1F. The van der Waals surface area contributed by atoms with E-state index in [0.717, 1.165) is 30.5 Å². The van der Waals surface area contributed by atoms with Gasteiger partial charge >= 0.3 is 0 Å². The number of halogens is 1. The standard InChI is InChI=1S/C19H23FN2O4S2/c1-2-12-27(23,24)21-19-11-10-17(13-18(19)20)28(25,26)22(16-8-9-16)14-15-6-4-3-5-7-15/h3-7,10-11,13,16,21H,2,8-9,12,14H2,1H3. The van der Waals surface area contributed by atoms with Gasteiger partial charge in [-0.15, -0.1) is 0 Å². The molecule has 0 unspecified atom stereocenters. The molecule has 0 saturated heterocycles. The normalized spacial score (nSPS) is 15.0. The van der Waals surface area contributed by atoms with Crippen LogP contribution in [0.2, 0.25) is 0 Å². The molecule has 1 fully saturated rings. The molecule has 0 atom stereocenters. The predicted molar refractivity (Wildman–Crippen MR) is 106 cm³/mol. The summed E-state index contributed by atoms with van der Waals surface area (Å²) < 4.78 is 67.9. The molecule has 0 aromatic heterocycles. The van der Waals surface area contributed by atoms with Crippen LogP contribution in [0.4, 0.5) is 10.1 Å². The zero-order chi connectivity index (χ0) is 20.4. The third-order valence-corrected chi connectivity index (χ3v) is 7.79. The van der Waals surface area contributed by atoms with E-state index >= 15 is 0 Å². The number of sulfonamides is 2. The first kappa shape index (κ1) is 20.8. The van der Waals surface area contributed by atoms with Gasteiger partial charge in [-0.25, -0.2) is 21.2 Å². The van der Waals surface area contributed by atoms with E-state index < -0.39 is 25.9 Å². The molecule has 6 nitrogen and oxygen atoms in total. The number of rotatable bonds is 9. The summed E-state index contributed by atoms with van der Waals surface area (Å²) in [6.45, 7) is 1.91. The molecule has 0 bridgehead atoms. The maximum atomic E-state index is 14.4. The van der Waals surface area contributed by atoms with E-state index in [1.807, 2.05) is 30.3 Å². The molecule has 2 aromatic carbocycles. The molecular weight excluding hydrogens is 403 g/mol. The third kappa shape index (κ3) is 4.89. The lowest BCUT2D eigenvalue weighted by Gasteiger charge is -2.22. The average molecular weight is 427 g/mol. The summed E-state index contributed by atoms with van der Waals surface area (Å²) in [6, 6.07) is 12.4. The Hall–Kier alpha value is -1.97. The largest absolute Gasteiger partial charge is 0.281 e. The fourth-order valence-electron chi connectivity index (χ4n) is 2.90. The van der Waals surface area contributed by atoms with Gasteiger partial charge in [0, 0.05) is 12.6 Å². The van der Waals surface area contributed by atoms with Gasteiger partial charge in [-0.1, -0.05) is 37.3 Å². The molecule has 1 saturated carbocycles. The van der Waals surface area contributed by atoms with Gasteiger partial charge in [-0.05, 0) is 43.0 Å². The van der Waals surface area contributed by atoms with E-state index in [2.05, 4.69) is 4.72 Å². The second kappa shape index (κ2) is 8.18. The average Bonchev–Trinajstić information content (AvgIpc) is 3.46. The van der Waals surface area contributed by atoms with Crippen LogP contribution >= 0.6 is 0 Å². The molecule has 3 rings (SSSR count). The van der Waals surface area contributed by atoms with E-state index in [9.17, 15) is 21.2 Å². The topological polar surface area (TPSA) is 83.5 Å². The minimum Gasteiger partial charge on any atom is -0.281 e. The molecular formula is C19H23FN2O4S2. The molecule has 1 aliphatic carbocycles. The first-order valence-electron chi connectivity index (χ1n) is 9.09. The monoisotopic (exact) mass is 426 g/mol. The summed E-state index contributed by atoms with van der Waals surface area (Å²) in [7, 11) is -7.58. The Morgan fingerprint density at radius 2 is 1.75 bits per heavy atom. The molecule has 0 amide bonds. The van der Waals surface area contributed by atoms with Crippen molar-refractivity contribution >= 4 is 25.7 Å². The Kier molecular flexibility index (Phi) is 6.07. The first-order chi connectivity index (χ1) is 13.2. The van der Waals surface area contributed by atoms with Crippen LogP contribution in [0.3, 0.4) is 0 Å². The van der Waals surface area contributed by atoms with Gasteiger partial charge in [-0.3, -0.25) is 4.72 Å². The fraction of sp³-hybridized carbons (Fsp3) is 0.368. The minimum absolute atomic E-state index is 0.101. The lowest BCUT2D eigenvalue weighted by Crippen LogP contribution is -2.32. The van der Waals surface area contributed by atoms with E-state index in [4.69, 9.17) is 0 Å². The summed E-state index contributed by atoms with van der Waals surface area (Å²) >= 11 is 0. The van der Waals surface area contributed by atoms with Crippen molar-refractivity contribution in [1.29, 1.82) is 0 Å². The van der Waals surface area contributed by atoms with Crippen LogP contribution in [-0.4, -0.2) is 32.9 Å². The Labute approximate surface area is 165 Å². The quantitative estimate of drug-likeness (QED) is 0.667. The van der Waals surface area contributed by atoms with Crippen LogP contribution < -0.4 is 4.72 Å². The molecule has 0 heterocycles. The van der Waals surface area contributed by atoms with Gasteiger partial charge in [0.05, 0.1) is 16.3 Å². The van der Waals surface area contributed by atoms with Crippen molar-refractivity contribution in [1.82, 2.24) is 4.31 Å². The van der Waals surface area contributed by atoms with Gasteiger partial charge in [0.1, 0.15) is 5.82 Å². The molecule has 1 aliphatic rings. The van der Waals surface area contributed by atoms with Gasteiger partial charge in [0.15, 0.2) is 0 Å². The van der Waals surface area contributed by atoms with Gasteiger partial charge in [0.2, 0.25) is 20.0 Å². The summed E-state index contributed by atoms with van der Waals surface area (Å²) in [5, 5.41) is 0. The number of hydrogen-bond donors (Lipinski definition) is 1. The Balaban J connectivity index is 1.87. The Morgan fingerprint density at radius 1 is 1.07 bits per heavy atom. The van der Waals surface area contributed by atoms with Crippen LogP contribution in [0, 0.1) is 5.82 Å². The summed E-state index contributed by atoms with van der Waals surface area (Å²) in [5.41, 5.74) is 0.593. The van der Waals surface area contributed by atoms with E-state index in [1.54, 1.807) is 6.92 Å². The number of nitrogens with zero attached hydrogens (tertiary/aromatic N) is 1. The lowest BCUT2D eigenvalue weighted by atomic mass is 10.2. The van der Waals surface area contributed by atoms with Crippen LogP contribution in [0.15, 0.2) is 53.4 Å². The molecule has 0 aliphatic heterocycles. The Bertz CT molecular complexity index is 1040. The highest BCUT2D eigenvalue weighted by molar-refractivity contribution is 7.92. The van der Waals surface area contributed by atoms with Crippen LogP contribution in [0.5, 0.6) is 0 Å². The number of benzene rings is 2. The minimum atomic E-state index is -3.91. The number of anilines is 1. The van der Waals surface area contributed by atoms with Gasteiger partial charge < -0.3 is 0 Å². The number of nitrogens with one attached hydrogen (secondary N) is 1. The first-order valence-corrected chi connectivity index (χ1v) is 12.2. The number of hydrogen-bond acceptors (Lipinski definition) is 4. The maximum absolute atomic E-state index is 14.4. The lowest BCUT2D eigenvalue weighted by molar-refractivity contribution is 0.398. The van der Waals surface area contributed by atoms with E-state index in [0.29, 0.717) is 6.42 Å². The van der Waals surface area contributed by atoms with Crippen molar-refractivity contribution in [3.8, 4) is 0 Å². The van der Waals surface area contributed by atoms with E-state index in [1.165, 1.54) is 10.4 Å². The molecule has 2 aromatic rings. The van der Waals surface area contributed by atoms with Gasteiger partial charge in [-0.2, -0.15) is 4.31 Å². The van der Waals surface area contributed by atoms with Crippen molar-refractivity contribution in [2.45, 2.75) is 43.7 Å². The molecule has 28 heavy (non-hydrogen) atoms. The summed E-state index contributed by atoms with van der Waals surface area (Å²) in [4.78, 5) is -0.189. The summed E-state index contributed by atoms with van der Waals surface area (Å²) in [5.74, 6) is -1.06. The van der Waals surface area contributed by atoms with Crippen molar-refractivity contribution in [3.63, 3.8) is 0 Å². The molecule has 0 spiro atoms.